The zero-order chi connectivity index (χ0) is 15.0. The van der Waals surface area contributed by atoms with Crippen molar-refractivity contribution in [3.05, 3.63) is 45.7 Å². The number of ketones is 1. The molecule has 0 aliphatic heterocycles. The maximum atomic E-state index is 11.9. The standard InChI is InChI=1S/C16H17ClN2O2/c1-10-16(17)14(19(2)18-10)9-21-12-7-6-11-4-3-5-15(20)13(11)8-12/h6-8H,3-5,9H2,1-2H3. The van der Waals surface area contributed by atoms with Gasteiger partial charge in [0.15, 0.2) is 5.78 Å². The van der Waals surface area contributed by atoms with Crippen LogP contribution in [0.25, 0.3) is 0 Å². The van der Waals surface area contributed by atoms with Crippen molar-refractivity contribution in [2.75, 3.05) is 0 Å². The Balaban J connectivity index is 1.80. The first-order chi connectivity index (χ1) is 10.1. The van der Waals surface area contributed by atoms with Crippen LogP contribution in [0.15, 0.2) is 18.2 Å². The van der Waals surface area contributed by atoms with E-state index < -0.39 is 0 Å². The van der Waals surface area contributed by atoms with E-state index in [1.54, 1.807) is 4.68 Å². The molecule has 4 nitrogen and oxygen atoms in total. The summed E-state index contributed by atoms with van der Waals surface area (Å²) in [5, 5.41) is 4.89. The Bertz CT molecular complexity index is 707. The van der Waals surface area contributed by atoms with Gasteiger partial charge >= 0.3 is 0 Å². The lowest BCUT2D eigenvalue weighted by molar-refractivity contribution is 0.0972. The largest absolute Gasteiger partial charge is 0.487 e. The lowest BCUT2D eigenvalue weighted by Crippen LogP contribution is -2.11. The van der Waals surface area contributed by atoms with E-state index in [1.807, 2.05) is 32.2 Å². The fraction of sp³-hybridized carbons (Fsp3) is 0.375. The Labute approximate surface area is 128 Å². The number of aromatic nitrogens is 2. The highest BCUT2D eigenvalue weighted by Gasteiger charge is 2.18. The van der Waals surface area contributed by atoms with Gasteiger partial charge < -0.3 is 4.74 Å². The molecule has 0 saturated heterocycles. The lowest BCUT2D eigenvalue weighted by Gasteiger charge is -2.16. The molecule has 0 N–H and O–H groups in total. The summed E-state index contributed by atoms with van der Waals surface area (Å²) >= 11 is 6.20. The smallest absolute Gasteiger partial charge is 0.163 e. The summed E-state index contributed by atoms with van der Waals surface area (Å²) in [4.78, 5) is 11.9. The molecule has 0 bridgehead atoms. The first-order valence-electron chi connectivity index (χ1n) is 7.03. The summed E-state index contributed by atoms with van der Waals surface area (Å²) in [6, 6.07) is 5.74. The maximum absolute atomic E-state index is 11.9. The Morgan fingerprint density at radius 3 is 2.90 bits per heavy atom. The number of carbonyl (C=O) groups excluding carboxylic acids is 1. The predicted molar refractivity (Wildman–Crippen MR) is 81.0 cm³/mol. The van der Waals surface area contributed by atoms with Gasteiger partial charge in [0.1, 0.15) is 12.4 Å². The minimum absolute atomic E-state index is 0.205. The van der Waals surface area contributed by atoms with Crippen LogP contribution in [-0.4, -0.2) is 15.6 Å². The first-order valence-corrected chi connectivity index (χ1v) is 7.41. The fourth-order valence-corrected chi connectivity index (χ4v) is 2.90. The van der Waals surface area contributed by atoms with E-state index in [2.05, 4.69) is 5.10 Å². The Hall–Kier alpha value is -1.81. The second-order valence-corrected chi connectivity index (χ2v) is 5.73. The van der Waals surface area contributed by atoms with Gasteiger partial charge in [-0.3, -0.25) is 9.48 Å². The van der Waals surface area contributed by atoms with Crippen molar-refractivity contribution in [1.82, 2.24) is 9.78 Å². The van der Waals surface area contributed by atoms with Crippen LogP contribution in [-0.2, 0) is 20.1 Å². The molecule has 3 rings (SSSR count). The summed E-state index contributed by atoms with van der Waals surface area (Å²) < 4.78 is 7.51. The Kier molecular flexibility index (Phi) is 3.72. The van der Waals surface area contributed by atoms with E-state index in [9.17, 15) is 4.79 Å². The van der Waals surface area contributed by atoms with Crippen LogP contribution in [0.3, 0.4) is 0 Å². The average Bonchev–Trinajstić information content (AvgIpc) is 2.71. The van der Waals surface area contributed by atoms with Gasteiger partial charge in [-0.1, -0.05) is 17.7 Å². The summed E-state index contributed by atoms with van der Waals surface area (Å²) in [6.45, 7) is 2.20. The molecule has 0 atom stereocenters. The van der Waals surface area contributed by atoms with Gasteiger partial charge in [0.05, 0.1) is 16.4 Å². The molecule has 1 aliphatic carbocycles. The van der Waals surface area contributed by atoms with Crippen LogP contribution in [0.5, 0.6) is 5.75 Å². The van der Waals surface area contributed by atoms with Crippen LogP contribution in [0, 0.1) is 6.92 Å². The number of rotatable bonds is 3. The third-order valence-electron chi connectivity index (χ3n) is 3.87. The molecule has 0 spiro atoms. The molecule has 1 aromatic heterocycles. The van der Waals surface area contributed by atoms with Gasteiger partial charge in [-0.2, -0.15) is 5.10 Å². The van der Waals surface area contributed by atoms with Gasteiger partial charge in [0, 0.05) is 19.0 Å². The number of halogens is 1. The summed E-state index contributed by atoms with van der Waals surface area (Å²) in [6.07, 6.45) is 2.53. The predicted octanol–water partition coefficient (Wildman–Crippen LogP) is 3.48. The number of aryl methyl sites for hydroxylation is 3. The number of hydrogen-bond donors (Lipinski definition) is 0. The molecule has 0 saturated carbocycles. The normalized spacial score (nSPS) is 14.1. The second kappa shape index (κ2) is 5.53. The van der Waals surface area contributed by atoms with Crippen molar-refractivity contribution >= 4 is 17.4 Å². The number of carbonyl (C=O) groups is 1. The highest BCUT2D eigenvalue weighted by atomic mass is 35.5. The van der Waals surface area contributed by atoms with Gasteiger partial charge in [-0.15, -0.1) is 0 Å². The SMILES string of the molecule is Cc1nn(C)c(COc2ccc3c(c2)C(=O)CCC3)c1Cl. The Morgan fingerprint density at radius 1 is 1.38 bits per heavy atom. The third-order valence-corrected chi connectivity index (χ3v) is 4.36. The maximum Gasteiger partial charge on any atom is 0.163 e. The van der Waals surface area contributed by atoms with Crippen LogP contribution < -0.4 is 4.74 Å². The number of nitrogens with zero attached hydrogens (tertiary/aromatic N) is 2. The van der Waals surface area contributed by atoms with Crippen LogP contribution in [0.1, 0.15) is 40.2 Å². The van der Waals surface area contributed by atoms with Crippen LogP contribution >= 0.6 is 11.6 Å². The van der Waals surface area contributed by atoms with E-state index in [4.69, 9.17) is 16.3 Å². The average molecular weight is 305 g/mol. The lowest BCUT2D eigenvalue weighted by atomic mass is 9.90. The number of fused-ring (bicyclic) bond motifs is 1. The first kappa shape index (κ1) is 14.1. The molecule has 1 aliphatic rings. The second-order valence-electron chi connectivity index (χ2n) is 5.35. The van der Waals surface area contributed by atoms with Gasteiger partial charge in [-0.05, 0) is 37.5 Å². The summed E-state index contributed by atoms with van der Waals surface area (Å²) in [5.41, 5.74) is 3.54. The van der Waals surface area contributed by atoms with E-state index in [-0.39, 0.29) is 5.78 Å². The zero-order valence-corrected chi connectivity index (χ0v) is 12.9. The molecule has 5 heteroatoms. The van der Waals surface area contributed by atoms with Crippen LogP contribution in [0.4, 0.5) is 0 Å². The minimum Gasteiger partial charge on any atom is -0.487 e. The van der Waals surface area contributed by atoms with Gasteiger partial charge in [-0.25, -0.2) is 0 Å². The highest BCUT2D eigenvalue weighted by Crippen LogP contribution is 2.27. The zero-order valence-electron chi connectivity index (χ0n) is 12.1. The highest BCUT2D eigenvalue weighted by molar-refractivity contribution is 6.31. The molecule has 0 unspecified atom stereocenters. The summed E-state index contributed by atoms with van der Waals surface area (Å²) in [5.74, 6) is 0.898. The van der Waals surface area contributed by atoms with Crippen molar-refractivity contribution in [3.63, 3.8) is 0 Å². The number of ether oxygens (including phenoxy) is 1. The molecule has 110 valence electrons. The quantitative estimate of drug-likeness (QED) is 0.872. The molecular weight excluding hydrogens is 288 g/mol. The number of hydrogen-bond acceptors (Lipinski definition) is 3. The number of Topliss-reactive ketones (excluding diaryl/α,β-unsaturated/α-hetero) is 1. The molecule has 0 amide bonds. The summed E-state index contributed by atoms with van der Waals surface area (Å²) in [7, 11) is 1.84. The van der Waals surface area contributed by atoms with Crippen molar-refractivity contribution in [1.29, 1.82) is 0 Å². The Morgan fingerprint density at radius 2 is 2.19 bits per heavy atom. The molecule has 0 fully saturated rings. The van der Waals surface area contributed by atoms with Crippen molar-refractivity contribution in [3.8, 4) is 5.75 Å². The van der Waals surface area contributed by atoms with Gasteiger partial charge in [0.2, 0.25) is 0 Å². The monoisotopic (exact) mass is 304 g/mol. The third kappa shape index (κ3) is 2.68. The van der Waals surface area contributed by atoms with Crippen molar-refractivity contribution in [2.24, 2.45) is 7.05 Å². The molecule has 2 aromatic rings. The molecule has 0 radical (unpaired) electrons. The van der Waals surface area contributed by atoms with E-state index in [0.29, 0.717) is 23.8 Å². The van der Waals surface area contributed by atoms with E-state index in [1.165, 1.54) is 0 Å². The molecule has 1 heterocycles. The van der Waals surface area contributed by atoms with E-state index in [0.717, 1.165) is 35.4 Å². The molecule has 1 aromatic carbocycles. The van der Waals surface area contributed by atoms with Crippen molar-refractivity contribution < 1.29 is 9.53 Å². The topological polar surface area (TPSA) is 44.1 Å². The number of benzene rings is 1. The minimum atomic E-state index is 0.205. The van der Waals surface area contributed by atoms with Gasteiger partial charge in [0.25, 0.3) is 0 Å². The van der Waals surface area contributed by atoms with Crippen molar-refractivity contribution in [2.45, 2.75) is 32.8 Å². The molecule has 21 heavy (non-hydrogen) atoms. The fourth-order valence-electron chi connectivity index (χ4n) is 2.69. The molecular formula is C16H17ClN2O2. The van der Waals surface area contributed by atoms with Crippen LogP contribution in [0.2, 0.25) is 5.02 Å². The van der Waals surface area contributed by atoms with E-state index >= 15 is 0 Å².